The van der Waals surface area contributed by atoms with Gasteiger partial charge in [0.15, 0.2) is 14.6 Å². The maximum absolute atomic E-state index is 12.6. The minimum Gasteiger partial charge on any atom is -0.492 e. The van der Waals surface area contributed by atoms with Gasteiger partial charge in [0.1, 0.15) is 11.3 Å². The first kappa shape index (κ1) is 19.3. The molecule has 6 nitrogen and oxygen atoms in total. The average Bonchev–Trinajstić information content (AvgIpc) is 2.99. The number of ether oxygens (including phenoxy) is 1. The number of benzene rings is 2. The molecule has 0 aliphatic heterocycles. The van der Waals surface area contributed by atoms with Crippen LogP contribution in [-0.2, 0) is 16.4 Å². The smallest absolute Gasteiger partial charge is 0.279 e. The molecule has 0 unspecified atom stereocenters. The molecule has 0 saturated heterocycles. The number of rotatable bonds is 5. The molecule has 0 N–H and O–H groups in total. The molecule has 1 heterocycles. The van der Waals surface area contributed by atoms with Gasteiger partial charge >= 0.3 is 0 Å². The summed E-state index contributed by atoms with van der Waals surface area (Å²) in [5.74, 6) is 0.272. The third kappa shape index (κ3) is 3.96. The van der Waals surface area contributed by atoms with E-state index in [9.17, 15) is 13.2 Å². The SMILES string of the molecule is CCOc1cccc2sc(=NC(=O)c3cccc(S(C)(=O)=O)c3)n(CC)c12. The van der Waals surface area contributed by atoms with Crippen molar-refractivity contribution in [3.63, 3.8) is 0 Å². The zero-order chi connectivity index (χ0) is 19.6. The van der Waals surface area contributed by atoms with Gasteiger partial charge in [0, 0.05) is 18.4 Å². The summed E-state index contributed by atoms with van der Waals surface area (Å²) in [6.07, 6.45) is 1.11. The summed E-state index contributed by atoms with van der Waals surface area (Å²) in [7, 11) is -3.39. The van der Waals surface area contributed by atoms with E-state index in [1.165, 1.54) is 23.5 Å². The van der Waals surface area contributed by atoms with E-state index in [4.69, 9.17) is 4.74 Å². The Bertz CT molecular complexity index is 1170. The number of para-hydroxylation sites is 1. The van der Waals surface area contributed by atoms with Crippen LogP contribution in [0, 0.1) is 0 Å². The summed E-state index contributed by atoms with van der Waals surface area (Å²) in [5.41, 5.74) is 1.14. The fourth-order valence-corrected chi connectivity index (χ4v) is 4.54. The number of hydrogen-bond donors (Lipinski definition) is 0. The number of aryl methyl sites for hydroxylation is 1. The van der Waals surface area contributed by atoms with Crippen LogP contribution in [0.4, 0.5) is 0 Å². The molecule has 0 bridgehead atoms. The number of amides is 1. The van der Waals surface area contributed by atoms with Crippen LogP contribution in [0.3, 0.4) is 0 Å². The number of carbonyl (C=O) groups excluding carboxylic acids is 1. The van der Waals surface area contributed by atoms with E-state index < -0.39 is 15.7 Å². The second-order valence-electron chi connectivity index (χ2n) is 5.88. The molecule has 0 atom stereocenters. The molecular weight excluding hydrogens is 384 g/mol. The second-order valence-corrected chi connectivity index (χ2v) is 8.91. The number of sulfone groups is 1. The molecule has 0 aliphatic carbocycles. The van der Waals surface area contributed by atoms with Gasteiger partial charge in [-0.05, 0) is 44.2 Å². The van der Waals surface area contributed by atoms with Gasteiger partial charge in [-0.3, -0.25) is 4.79 Å². The van der Waals surface area contributed by atoms with E-state index in [0.29, 0.717) is 18.0 Å². The maximum Gasteiger partial charge on any atom is 0.279 e. The highest BCUT2D eigenvalue weighted by molar-refractivity contribution is 7.90. The van der Waals surface area contributed by atoms with E-state index in [1.807, 2.05) is 36.6 Å². The molecule has 2 aromatic carbocycles. The monoisotopic (exact) mass is 404 g/mol. The van der Waals surface area contributed by atoms with E-state index in [-0.39, 0.29) is 10.5 Å². The zero-order valence-electron chi connectivity index (χ0n) is 15.3. The topological polar surface area (TPSA) is 77.7 Å². The van der Waals surface area contributed by atoms with Gasteiger partial charge in [-0.25, -0.2) is 8.42 Å². The fourth-order valence-electron chi connectivity index (χ4n) is 2.76. The van der Waals surface area contributed by atoms with Crippen LogP contribution >= 0.6 is 11.3 Å². The lowest BCUT2D eigenvalue weighted by Crippen LogP contribution is -2.16. The standard InChI is InChI=1S/C19H20N2O4S2/c1-4-21-17-15(25-5-2)10-7-11-16(17)26-19(21)20-18(22)13-8-6-9-14(12-13)27(3,23)24/h6-12H,4-5H2,1-3H3. The quantitative estimate of drug-likeness (QED) is 0.654. The average molecular weight is 405 g/mol. The van der Waals surface area contributed by atoms with Gasteiger partial charge in [-0.15, -0.1) is 0 Å². The lowest BCUT2D eigenvalue weighted by atomic mass is 10.2. The van der Waals surface area contributed by atoms with E-state index in [1.54, 1.807) is 12.1 Å². The molecule has 0 fully saturated rings. The Labute approximate surface area is 161 Å². The molecule has 142 valence electrons. The van der Waals surface area contributed by atoms with Crippen LogP contribution in [0.1, 0.15) is 24.2 Å². The Kier molecular flexibility index (Phi) is 5.48. The predicted octanol–water partition coefficient (Wildman–Crippen LogP) is 3.27. The van der Waals surface area contributed by atoms with Gasteiger partial charge in [0.2, 0.25) is 0 Å². The van der Waals surface area contributed by atoms with Crippen LogP contribution in [0.5, 0.6) is 5.75 Å². The maximum atomic E-state index is 12.6. The number of thiazole rings is 1. The molecule has 0 saturated carbocycles. The van der Waals surface area contributed by atoms with Crippen molar-refractivity contribution in [3.8, 4) is 5.75 Å². The minimum atomic E-state index is -3.39. The summed E-state index contributed by atoms with van der Waals surface area (Å²) in [5, 5.41) is 0. The Morgan fingerprint density at radius 2 is 1.93 bits per heavy atom. The van der Waals surface area contributed by atoms with Crippen molar-refractivity contribution in [2.24, 2.45) is 4.99 Å². The number of aromatic nitrogens is 1. The van der Waals surface area contributed by atoms with Crippen molar-refractivity contribution in [3.05, 3.63) is 52.8 Å². The van der Waals surface area contributed by atoms with Gasteiger partial charge in [0.25, 0.3) is 5.91 Å². The van der Waals surface area contributed by atoms with Gasteiger partial charge in [-0.1, -0.05) is 23.5 Å². The molecule has 0 aliphatic rings. The first-order valence-electron chi connectivity index (χ1n) is 8.49. The number of carbonyl (C=O) groups is 1. The van der Waals surface area contributed by atoms with Gasteiger partial charge in [0.05, 0.1) is 16.2 Å². The third-order valence-electron chi connectivity index (χ3n) is 3.99. The number of nitrogens with zero attached hydrogens (tertiary/aromatic N) is 2. The van der Waals surface area contributed by atoms with E-state index >= 15 is 0 Å². The lowest BCUT2D eigenvalue weighted by Gasteiger charge is -2.07. The summed E-state index contributed by atoms with van der Waals surface area (Å²) in [4.78, 5) is 17.6. The molecule has 0 spiro atoms. The van der Waals surface area contributed by atoms with Crippen LogP contribution < -0.4 is 9.54 Å². The van der Waals surface area contributed by atoms with Crippen molar-refractivity contribution in [1.82, 2.24) is 4.57 Å². The summed E-state index contributed by atoms with van der Waals surface area (Å²) >= 11 is 1.40. The van der Waals surface area contributed by atoms with Crippen molar-refractivity contribution in [1.29, 1.82) is 0 Å². The Morgan fingerprint density at radius 3 is 2.59 bits per heavy atom. The molecule has 1 amide bonds. The Balaban J connectivity index is 2.13. The summed E-state index contributed by atoms with van der Waals surface area (Å²) in [6.45, 7) is 5.07. The first-order chi connectivity index (χ1) is 12.8. The van der Waals surface area contributed by atoms with Crippen molar-refractivity contribution >= 4 is 37.3 Å². The third-order valence-corrected chi connectivity index (χ3v) is 6.14. The van der Waals surface area contributed by atoms with Crippen LogP contribution in [0.15, 0.2) is 52.4 Å². The summed E-state index contributed by atoms with van der Waals surface area (Å²) < 4.78 is 32.1. The molecule has 27 heavy (non-hydrogen) atoms. The predicted molar refractivity (Wildman–Crippen MR) is 106 cm³/mol. The molecule has 3 rings (SSSR count). The normalized spacial score (nSPS) is 12.5. The largest absolute Gasteiger partial charge is 0.492 e. The fraction of sp³-hybridized carbons (Fsp3) is 0.263. The Hall–Kier alpha value is -2.45. The van der Waals surface area contributed by atoms with Crippen molar-refractivity contribution < 1.29 is 17.9 Å². The van der Waals surface area contributed by atoms with Crippen molar-refractivity contribution in [2.75, 3.05) is 12.9 Å². The Morgan fingerprint density at radius 1 is 1.19 bits per heavy atom. The highest BCUT2D eigenvalue weighted by Crippen LogP contribution is 2.27. The van der Waals surface area contributed by atoms with Crippen molar-refractivity contribution in [2.45, 2.75) is 25.3 Å². The summed E-state index contributed by atoms with van der Waals surface area (Å²) in [6, 6.07) is 11.7. The lowest BCUT2D eigenvalue weighted by molar-refractivity contribution is 0.0997. The zero-order valence-corrected chi connectivity index (χ0v) is 16.9. The van der Waals surface area contributed by atoms with E-state index in [0.717, 1.165) is 22.2 Å². The number of hydrogen-bond acceptors (Lipinski definition) is 5. The molecular formula is C19H20N2O4S2. The highest BCUT2D eigenvalue weighted by Gasteiger charge is 2.14. The molecule has 0 radical (unpaired) electrons. The molecule has 3 aromatic rings. The number of fused-ring (bicyclic) bond motifs is 1. The van der Waals surface area contributed by atoms with Crippen LogP contribution in [-0.4, -0.2) is 31.8 Å². The molecule has 1 aromatic heterocycles. The van der Waals surface area contributed by atoms with Gasteiger partial charge < -0.3 is 9.30 Å². The van der Waals surface area contributed by atoms with Crippen LogP contribution in [0.2, 0.25) is 0 Å². The second kappa shape index (κ2) is 7.66. The van der Waals surface area contributed by atoms with E-state index in [2.05, 4.69) is 4.99 Å². The highest BCUT2D eigenvalue weighted by atomic mass is 32.2. The van der Waals surface area contributed by atoms with Gasteiger partial charge in [-0.2, -0.15) is 4.99 Å². The van der Waals surface area contributed by atoms with Crippen LogP contribution in [0.25, 0.3) is 10.2 Å². The first-order valence-corrected chi connectivity index (χ1v) is 11.2. The molecule has 8 heteroatoms. The minimum absolute atomic E-state index is 0.0990.